The van der Waals surface area contributed by atoms with Crippen LogP contribution < -0.4 is 4.90 Å². The first-order chi connectivity index (χ1) is 8.10. The summed E-state index contributed by atoms with van der Waals surface area (Å²) in [5, 5.41) is 8.69. The molecule has 17 heavy (non-hydrogen) atoms. The van der Waals surface area contributed by atoms with Crippen LogP contribution in [0.15, 0.2) is 22.7 Å². The van der Waals surface area contributed by atoms with Gasteiger partial charge in [0.2, 0.25) is 0 Å². The second-order valence-corrected chi connectivity index (χ2v) is 5.24. The molecule has 1 aromatic carbocycles. The van der Waals surface area contributed by atoms with Crippen molar-refractivity contribution in [2.45, 2.75) is 32.2 Å². The summed E-state index contributed by atoms with van der Waals surface area (Å²) >= 11 is 9.37. The molecule has 0 N–H and O–H groups in total. The van der Waals surface area contributed by atoms with Gasteiger partial charge in [-0.3, -0.25) is 0 Å². The fourth-order valence-electron chi connectivity index (χ4n) is 1.69. The van der Waals surface area contributed by atoms with Crippen molar-refractivity contribution in [1.29, 1.82) is 5.26 Å². The fraction of sp³-hybridized carbons (Fsp3) is 0.462. The van der Waals surface area contributed by atoms with Gasteiger partial charge in [0.15, 0.2) is 0 Å². The Bertz CT molecular complexity index is 412. The van der Waals surface area contributed by atoms with E-state index >= 15 is 0 Å². The minimum atomic E-state index is 0.363. The molecular formula is C13H16BrClN2. The van der Waals surface area contributed by atoms with Gasteiger partial charge in [-0.25, -0.2) is 0 Å². The molecule has 0 aromatic heterocycles. The van der Waals surface area contributed by atoms with E-state index in [4.69, 9.17) is 16.9 Å². The standard InChI is InChI=1S/C13H16BrClN2/c1-10(2)17(7-3-6-16)13-5-4-11(9-15)8-12(13)14/h4-5,8,10H,3,7,9H2,1-2H3. The minimum absolute atomic E-state index is 0.363. The number of hydrogen-bond acceptors (Lipinski definition) is 2. The number of nitriles is 1. The molecule has 0 fully saturated rings. The molecule has 92 valence electrons. The zero-order valence-electron chi connectivity index (χ0n) is 10.1. The molecule has 0 atom stereocenters. The minimum Gasteiger partial charge on any atom is -0.367 e. The predicted octanol–water partition coefficient (Wildman–Crippen LogP) is 4.32. The Morgan fingerprint density at radius 1 is 1.47 bits per heavy atom. The highest BCUT2D eigenvalue weighted by atomic mass is 79.9. The van der Waals surface area contributed by atoms with Crippen LogP contribution in [0, 0.1) is 11.3 Å². The molecule has 0 aliphatic rings. The van der Waals surface area contributed by atoms with Crippen molar-refractivity contribution in [1.82, 2.24) is 0 Å². The smallest absolute Gasteiger partial charge is 0.0640 e. The van der Waals surface area contributed by atoms with E-state index in [-0.39, 0.29) is 0 Å². The van der Waals surface area contributed by atoms with Crippen molar-refractivity contribution in [3.63, 3.8) is 0 Å². The second kappa shape index (κ2) is 6.88. The molecular weight excluding hydrogens is 300 g/mol. The van der Waals surface area contributed by atoms with E-state index in [2.05, 4.69) is 46.8 Å². The zero-order chi connectivity index (χ0) is 12.8. The number of benzene rings is 1. The number of rotatable bonds is 5. The lowest BCUT2D eigenvalue weighted by atomic mass is 10.2. The van der Waals surface area contributed by atoms with Crippen LogP contribution in [0.1, 0.15) is 25.8 Å². The van der Waals surface area contributed by atoms with Crippen molar-refractivity contribution in [3.05, 3.63) is 28.2 Å². The van der Waals surface area contributed by atoms with Gasteiger partial charge in [-0.15, -0.1) is 11.6 Å². The summed E-state index contributed by atoms with van der Waals surface area (Å²) in [4.78, 5) is 2.21. The number of nitrogens with zero attached hydrogens (tertiary/aromatic N) is 2. The van der Waals surface area contributed by atoms with Crippen LogP contribution in [0.5, 0.6) is 0 Å². The van der Waals surface area contributed by atoms with Gasteiger partial charge in [0.05, 0.1) is 18.2 Å². The first-order valence-electron chi connectivity index (χ1n) is 5.58. The van der Waals surface area contributed by atoms with E-state index < -0.39 is 0 Å². The van der Waals surface area contributed by atoms with Gasteiger partial charge in [0.1, 0.15) is 0 Å². The van der Waals surface area contributed by atoms with Crippen LogP contribution in [-0.4, -0.2) is 12.6 Å². The molecule has 0 radical (unpaired) electrons. The van der Waals surface area contributed by atoms with Gasteiger partial charge < -0.3 is 4.90 Å². The third kappa shape index (κ3) is 3.90. The molecule has 0 aliphatic heterocycles. The molecule has 1 rings (SSSR count). The quantitative estimate of drug-likeness (QED) is 0.757. The van der Waals surface area contributed by atoms with Crippen LogP contribution in [-0.2, 0) is 5.88 Å². The number of alkyl halides is 1. The summed E-state index contributed by atoms with van der Waals surface area (Å²) < 4.78 is 1.03. The topological polar surface area (TPSA) is 27.0 Å². The second-order valence-electron chi connectivity index (χ2n) is 4.11. The molecule has 0 aliphatic carbocycles. The zero-order valence-corrected chi connectivity index (χ0v) is 12.4. The molecule has 1 aromatic rings. The van der Waals surface area contributed by atoms with Crippen molar-refractivity contribution in [3.8, 4) is 6.07 Å². The van der Waals surface area contributed by atoms with E-state index in [0.717, 1.165) is 22.3 Å². The van der Waals surface area contributed by atoms with Gasteiger partial charge in [-0.2, -0.15) is 5.26 Å². The van der Waals surface area contributed by atoms with Crippen LogP contribution in [0.3, 0.4) is 0 Å². The van der Waals surface area contributed by atoms with Gasteiger partial charge in [0, 0.05) is 22.9 Å². The van der Waals surface area contributed by atoms with E-state index in [9.17, 15) is 0 Å². The largest absolute Gasteiger partial charge is 0.367 e. The van der Waals surface area contributed by atoms with E-state index in [1.165, 1.54) is 0 Å². The van der Waals surface area contributed by atoms with E-state index in [1.807, 2.05) is 12.1 Å². The van der Waals surface area contributed by atoms with Gasteiger partial charge in [-0.1, -0.05) is 6.07 Å². The normalized spacial score (nSPS) is 10.4. The maximum absolute atomic E-state index is 8.69. The van der Waals surface area contributed by atoms with Crippen molar-refractivity contribution < 1.29 is 0 Å². The highest BCUT2D eigenvalue weighted by Crippen LogP contribution is 2.29. The Hall–Kier alpha value is -0.720. The Morgan fingerprint density at radius 2 is 2.18 bits per heavy atom. The Labute approximate surface area is 116 Å². The molecule has 0 saturated heterocycles. The SMILES string of the molecule is CC(C)N(CCC#N)c1ccc(CCl)cc1Br. The predicted molar refractivity (Wildman–Crippen MR) is 76.4 cm³/mol. The lowest BCUT2D eigenvalue weighted by Crippen LogP contribution is -2.31. The van der Waals surface area contributed by atoms with E-state index in [1.54, 1.807) is 0 Å². The average Bonchev–Trinajstić information content (AvgIpc) is 2.30. The molecule has 0 heterocycles. The molecule has 2 nitrogen and oxygen atoms in total. The summed E-state index contributed by atoms with van der Waals surface area (Å²) in [6.45, 7) is 4.99. The molecule has 0 amide bonds. The lowest BCUT2D eigenvalue weighted by molar-refractivity contribution is 0.685. The van der Waals surface area contributed by atoms with Crippen LogP contribution in [0.4, 0.5) is 5.69 Å². The van der Waals surface area contributed by atoms with Gasteiger partial charge in [-0.05, 0) is 47.5 Å². The van der Waals surface area contributed by atoms with Gasteiger partial charge >= 0.3 is 0 Å². The highest BCUT2D eigenvalue weighted by Gasteiger charge is 2.13. The maximum Gasteiger partial charge on any atom is 0.0640 e. The number of halogens is 2. The average molecular weight is 316 g/mol. The van der Waals surface area contributed by atoms with E-state index in [0.29, 0.717) is 18.3 Å². The summed E-state index contributed by atoms with van der Waals surface area (Å²) in [7, 11) is 0. The number of hydrogen-bond donors (Lipinski definition) is 0. The summed E-state index contributed by atoms with van der Waals surface area (Å²) in [5.74, 6) is 0.513. The van der Waals surface area contributed by atoms with Crippen LogP contribution in [0.2, 0.25) is 0 Å². The first-order valence-corrected chi connectivity index (χ1v) is 6.91. The summed E-state index contributed by atoms with van der Waals surface area (Å²) in [6.07, 6.45) is 0.530. The number of anilines is 1. The van der Waals surface area contributed by atoms with Crippen molar-refractivity contribution in [2.75, 3.05) is 11.4 Å². The third-order valence-corrected chi connectivity index (χ3v) is 3.51. The van der Waals surface area contributed by atoms with Crippen LogP contribution >= 0.6 is 27.5 Å². The Morgan fingerprint density at radius 3 is 2.65 bits per heavy atom. The fourth-order valence-corrected chi connectivity index (χ4v) is 2.51. The molecule has 0 spiro atoms. The van der Waals surface area contributed by atoms with Crippen LogP contribution in [0.25, 0.3) is 0 Å². The van der Waals surface area contributed by atoms with Crippen molar-refractivity contribution >= 4 is 33.2 Å². The summed E-state index contributed by atoms with van der Waals surface area (Å²) in [6, 6.07) is 8.66. The lowest BCUT2D eigenvalue weighted by Gasteiger charge is -2.29. The molecule has 4 heteroatoms. The monoisotopic (exact) mass is 314 g/mol. The summed E-state index contributed by atoms with van der Waals surface area (Å²) in [5.41, 5.74) is 2.20. The molecule has 0 saturated carbocycles. The van der Waals surface area contributed by atoms with Crippen molar-refractivity contribution in [2.24, 2.45) is 0 Å². The molecule has 0 unspecified atom stereocenters. The third-order valence-electron chi connectivity index (χ3n) is 2.56. The van der Waals surface area contributed by atoms with Gasteiger partial charge in [0.25, 0.3) is 0 Å². The Kier molecular flexibility index (Phi) is 5.80. The molecule has 0 bridgehead atoms. The first kappa shape index (κ1) is 14.3. The highest BCUT2D eigenvalue weighted by molar-refractivity contribution is 9.10. The maximum atomic E-state index is 8.69. The Balaban J connectivity index is 2.98.